The number of carbonyl (C=O) groups is 1. The number of nitrogens with one attached hydrogen (secondary N) is 1. The van der Waals surface area contributed by atoms with E-state index in [4.69, 9.17) is 4.74 Å². The highest BCUT2D eigenvalue weighted by Crippen LogP contribution is 2.18. The third kappa shape index (κ3) is 4.30. The molecule has 0 aromatic carbocycles. The Morgan fingerprint density at radius 2 is 2.45 bits per heavy atom. The summed E-state index contributed by atoms with van der Waals surface area (Å²) in [7, 11) is 1.68. The summed E-state index contributed by atoms with van der Waals surface area (Å²) in [4.78, 5) is 15.8. The van der Waals surface area contributed by atoms with E-state index < -0.39 is 0 Å². The zero-order chi connectivity index (χ0) is 14.4. The molecule has 0 aliphatic carbocycles. The van der Waals surface area contributed by atoms with Gasteiger partial charge >= 0.3 is 0 Å². The second kappa shape index (κ2) is 7.76. The third-order valence-electron chi connectivity index (χ3n) is 3.77. The Morgan fingerprint density at radius 3 is 3.10 bits per heavy atom. The first kappa shape index (κ1) is 15.5. The van der Waals surface area contributed by atoms with Crippen molar-refractivity contribution >= 4 is 17.2 Å². The highest BCUT2D eigenvalue weighted by atomic mass is 32.1. The predicted octanol–water partition coefficient (Wildman–Crippen LogP) is 2.11. The smallest absolute Gasteiger partial charge is 0.240 e. The normalized spacial score (nSPS) is 22.7. The number of thiophene rings is 1. The summed E-state index contributed by atoms with van der Waals surface area (Å²) < 4.78 is 5.14. The second-order valence-corrected chi connectivity index (χ2v) is 6.50. The van der Waals surface area contributed by atoms with Gasteiger partial charge in [0.25, 0.3) is 0 Å². The maximum Gasteiger partial charge on any atom is 0.240 e. The number of hydrogen-bond donors (Lipinski definition) is 1. The van der Waals surface area contributed by atoms with E-state index >= 15 is 0 Å². The minimum absolute atomic E-state index is 0.0319. The molecule has 1 saturated heterocycles. The van der Waals surface area contributed by atoms with Crippen LogP contribution in [-0.2, 0) is 16.1 Å². The zero-order valence-electron chi connectivity index (χ0n) is 12.3. The summed E-state index contributed by atoms with van der Waals surface area (Å²) in [5.74, 6) is 0.832. The first-order valence-electron chi connectivity index (χ1n) is 7.24. The molecular weight excluding hydrogens is 272 g/mol. The Kier molecular flexibility index (Phi) is 6.01. The van der Waals surface area contributed by atoms with Gasteiger partial charge in [-0.05, 0) is 36.8 Å². The molecule has 1 fully saturated rings. The van der Waals surface area contributed by atoms with E-state index in [-0.39, 0.29) is 11.9 Å². The van der Waals surface area contributed by atoms with Crippen molar-refractivity contribution in [3.8, 4) is 0 Å². The number of carbonyl (C=O) groups excluding carboxylic acids is 1. The van der Waals surface area contributed by atoms with Crippen molar-refractivity contribution < 1.29 is 9.53 Å². The lowest BCUT2D eigenvalue weighted by Gasteiger charge is -2.32. The lowest BCUT2D eigenvalue weighted by molar-refractivity contribution is -0.135. The lowest BCUT2D eigenvalue weighted by Crippen LogP contribution is -2.50. The number of methoxy groups -OCH3 is 1. The van der Waals surface area contributed by atoms with Crippen molar-refractivity contribution in [1.82, 2.24) is 10.2 Å². The fraction of sp³-hybridized carbons (Fsp3) is 0.667. The summed E-state index contributed by atoms with van der Waals surface area (Å²) in [5, 5.41) is 5.41. The third-order valence-corrected chi connectivity index (χ3v) is 4.63. The highest BCUT2D eigenvalue weighted by Gasteiger charge is 2.28. The van der Waals surface area contributed by atoms with Crippen LogP contribution in [0.15, 0.2) is 17.5 Å². The number of hydrogen-bond acceptors (Lipinski definition) is 4. The van der Waals surface area contributed by atoms with Crippen molar-refractivity contribution in [2.75, 3.05) is 26.8 Å². The topological polar surface area (TPSA) is 41.6 Å². The second-order valence-electron chi connectivity index (χ2n) is 5.47. The van der Waals surface area contributed by atoms with Crippen LogP contribution >= 0.6 is 11.3 Å². The fourth-order valence-corrected chi connectivity index (χ4v) is 3.29. The van der Waals surface area contributed by atoms with Crippen molar-refractivity contribution in [2.24, 2.45) is 5.92 Å². The zero-order valence-corrected chi connectivity index (χ0v) is 13.1. The highest BCUT2D eigenvalue weighted by molar-refractivity contribution is 7.09. The number of amides is 1. The van der Waals surface area contributed by atoms with E-state index in [1.54, 1.807) is 18.4 Å². The SMILES string of the molecule is COCCN(Cc1cccs1)C(=O)C1CC(C)CCN1. The number of rotatable bonds is 6. The summed E-state index contributed by atoms with van der Waals surface area (Å²) in [6.07, 6.45) is 2.10. The average molecular weight is 296 g/mol. The summed E-state index contributed by atoms with van der Waals surface area (Å²) in [6.45, 7) is 5.08. The molecule has 2 rings (SSSR count). The molecule has 0 spiro atoms. The average Bonchev–Trinajstić information content (AvgIpc) is 2.95. The van der Waals surface area contributed by atoms with Crippen LogP contribution in [-0.4, -0.2) is 43.7 Å². The maximum atomic E-state index is 12.7. The van der Waals surface area contributed by atoms with Gasteiger partial charge < -0.3 is 15.0 Å². The number of piperidine rings is 1. The van der Waals surface area contributed by atoms with E-state index in [0.717, 1.165) is 19.4 Å². The van der Waals surface area contributed by atoms with E-state index in [2.05, 4.69) is 23.7 Å². The molecule has 112 valence electrons. The van der Waals surface area contributed by atoms with Crippen molar-refractivity contribution in [1.29, 1.82) is 0 Å². The van der Waals surface area contributed by atoms with Crippen LogP contribution in [0.4, 0.5) is 0 Å². The molecule has 1 aliphatic heterocycles. The number of nitrogens with zero attached hydrogens (tertiary/aromatic N) is 1. The van der Waals surface area contributed by atoms with Crippen LogP contribution in [0.3, 0.4) is 0 Å². The molecule has 1 amide bonds. The van der Waals surface area contributed by atoms with Gasteiger partial charge in [0.2, 0.25) is 5.91 Å². The van der Waals surface area contributed by atoms with Crippen molar-refractivity contribution in [3.05, 3.63) is 22.4 Å². The van der Waals surface area contributed by atoms with E-state index in [1.807, 2.05) is 11.0 Å². The predicted molar refractivity (Wildman–Crippen MR) is 81.8 cm³/mol. The first-order valence-corrected chi connectivity index (χ1v) is 8.12. The van der Waals surface area contributed by atoms with Crippen LogP contribution in [0, 0.1) is 5.92 Å². The van der Waals surface area contributed by atoms with Crippen LogP contribution in [0.2, 0.25) is 0 Å². The summed E-state index contributed by atoms with van der Waals surface area (Å²) in [6, 6.07) is 4.07. The molecule has 1 aromatic rings. The maximum absolute atomic E-state index is 12.7. The quantitative estimate of drug-likeness (QED) is 0.874. The van der Waals surface area contributed by atoms with Gasteiger partial charge in [0.1, 0.15) is 0 Å². The van der Waals surface area contributed by atoms with Gasteiger partial charge in [-0.3, -0.25) is 4.79 Å². The van der Waals surface area contributed by atoms with Gasteiger partial charge in [-0.25, -0.2) is 0 Å². The summed E-state index contributed by atoms with van der Waals surface area (Å²) >= 11 is 1.69. The molecule has 20 heavy (non-hydrogen) atoms. The standard InChI is InChI=1S/C15H24N2O2S/c1-12-5-6-16-14(10-12)15(18)17(7-8-19-2)11-13-4-3-9-20-13/h3-4,9,12,14,16H,5-8,10-11H2,1-2H3. The van der Waals surface area contributed by atoms with Gasteiger partial charge in [-0.2, -0.15) is 0 Å². The van der Waals surface area contributed by atoms with Gasteiger partial charge in [0.15, 0.2) is 0 Å². The Balaban J connectivity index is 1.98. The van der Waals surface area contributed by atoms with E-state index in [9.17, 15) is 4.79 Å². The van der Waals surface area contributed by atoms with Gasteiger partial charge in [0.05, 0.1) is 19.2 Å². The molecule has 2 atom stereocenters. The lowest BCUT2D eigenvalue weighted by atomic mass is 9.93. The minimum Gasteiger partial charge on any atom is -0.383 e. The Morgan fingerprint density at radius 1 is 1.60 bits per heavy atom. The molecule has 2 heterocycles. The Hall–Kier alpha value is -0.910. The first-order chi connectivity index (χ1) is 9.70. The molecule has 1 aliphatic rings. The Labute approximate surface area is 125 Å². The Bertz CT molecular complexity index is 408. The molecule has 1 aromatic heterocycles. The molecule has 0 radical (unpaired) electrons. The monoisotopic (exact) mass is 296 g/mol. The van der Waals surface area contributed by atoms with Crippen LogP contribution in [0.1, 0.15) is 24.6 Å². The van der Waals surface area contributed by atoms with Crippen molar-refractivity contribution in [3.63, 3.8) is 0 Å². The minimum atomic E-state index is -0.0319. The largest absolute Gasteiger partial charge is 0.383 e. The van der Waals surface area contributed by atoms with E-state index in [1.165, 1.54) is 4.88 Å². The van der Waals surface area contributed by atoms with Crippen molar-refractivity contribution in [2.45, 2.75) is 32.4 Å². The molecular formula is C15H24N2O2S. The van der Waals surface area contributed by atoms with E-state index in [0.29, 0.717) is 25.6 Å². The fourth-order valence-electron chi connectivity index (χ4n) is 2.58. The van der Waals surface area contributed by atoms with Gasteiger partial charge in [-0.1, -0.05) is 13.0 Å². The molecule has 4 nitrogen and oxygen atoms in total. The molecule has 1 N–H and O–H groups in total. The van der Waals surface area contributed by atoms with Gasteiger partial charge in [-0.15, -0.1) is 11.3 Å². The van der Waals surface area contributed by atoms with Crippen LogP contribution in [0.25, 0.3) is 0 Å². The molecule has 0 bridgehead atoms. The molecule has 0 saturated carbocycles. The number of ether oxygens (including phenoxy) is 1. The summed E-state index contributed by atoms with van der Waals surface area (Å²) in [5.41, 5.74) is 0. The van der Waals surface area contributed by atoms with Crippen LogP contribution < -0.4 is 5.32 Å². The molecule has 5 heteroatoms. The molecule has 2 unspecified atom stereocenters. The van der Waals surface area contributed by atoms with Gasteiger partial charge in [0, 0.05) is 18.5 Å². The van der Waals surface area contributed by atoms with Crippen LogP contribution in [0.5, 0.6) is 0 Å².